The van der Waals surface area contributed by atoms with Gasteiger partial charge in [0, 0.05) is 10.0 Å². The molecule has 2 rings (SSSR count). The predicted molar refractivity (Wildman–Crippen MR) is 77.3 cm³/mol. The van der Waals surface area contributed by atoms with Gasteiger partial charge in [-0.05, 0) is 35.9 Å². The Balaban J connectivity index is 2.20. The Bertz CT molecular complexity index is 624. The Morgan fingerprint density at radius 3 is 2.38 bits per heavy atom. The van der Waals surface area contributed by atoms with Crippen LogP contribution in [0.2, 0.25) is 0 Å². The van der Waals surface area contributed by atoms with Crippen molar-refractivity contribution in [2.45, 2.75) is 13.2 Å². The van der Waals surface area contributed by atoms with Crippen LogP contribution in [0.25, 0.3) is 0 Å². The molecular formula is C15H13BrF2O3. The maximum Gasteiger partial charge on any atom is 0.191 e. The number of aliphatic hydroxyl groups excluding tert-OH is 1. The molecule has 0 radical (unpaired) electrons. The highest BCUT2D eigenvalue weighted by atomic mass is 79.9. The number of hydrogen-bond donors (Lipinski definition) is 1. The lowest BCUT2D eigenvalue weighted by Crippen LogP contribution is -2.02. The molecule has 112 valence electrons. The first-order valence-electron chi connectivity index (χ1n) is 6.09. The third-order valence-electron chi connectivity index (χ3n) is 2.87. The Morgan fingerprint density at radius 2 is 1.81 bits per heavy atom. The molecule has 0 amide bonds. The summed E-state index contributed by atoms with van der Waals surface area (Å²) in [5.41, 5.74) is 0.847. The van der Waals surface area contributed by atoms with E-state index < -0.39 is 24.0 Å². The average molecular weight is 359 g/mol. The highest BCUT2D eigenvalue weighted by molar-refractivity contribution is 9.10. The summed E-state index contributed by atoms with van der Waals surface area (Å²) in [5.74, 6) is -1.55. The normalized spacial score (nSPS) is 10.5. The molecule has 0 fully saturated rings. The van der Waals surface area contributed by atoms with Crippen molar-refractivity contribution in [1.82, 2.24) is 0 Å². The van der Waals surface area contributed by atoms with Gasteiger partial charge in [-0.3, -0.25) is 0 Å². The van der Waals surface area contributed by atoms with Crippen LogP contribution in [0, 0.1) is 11.6 Å². The smallest absolute Gasteiger partial charge is 0.191 e. The molecule has 0 unspecified atom stereocenters. The van der Waals surface area contributed by atoms with E-state index >= 15 is 0 Å². The lowest BCUT2D eigenvalue weighted by Gasteiger charge is -2.11. The Labute approximate surface area is 129 Å². The van der Waals surface area contributed by atoms with Crippen LogP contribution in [-0.4, -0.2) is 12.2 Å². The number of benzene rings is 2. The van der Waals surface area contributed by atoms with Crippen molar-refractivity contribution in [3.05, 3.63) is 57.6 Å². The molecule has 2 aromatic rings. The van der Waals surface area contributed by atoms with Crippen LogP contribution in [0.4, 0.5) is 8.78 Å². The summed E-state index contributed by atoms with van der Waals surface area (Å²) >= 11 is 3.34. The number of aliphatic hydroxyl groups is 1. The fourth-order valence-corrected chi connectivity index (χ4v) is 2.14. The number of halogens is 3. The van der Waals surface area contributed by atoms with Gasteiger partial charge in [-0.15, -0.1) is 0 Å². The monoisotopic (exact) mass is 358 g/mol. The van der Waals surface area contributed by atoms with Crippen LogP contribution in [0.3, 0.4) is 0 Å². The van der Waals surface area contributed by atoms with Gasteiger partial charge in [-0.25, -0.2) is 8.78 Å². The van der Waals surface area contributed by atoms with Crippen LogP contribution in [0.1, 0.15) is 11.1 Å². The van der Waals surface area contributed by atoms with Crippen molar-refractivity contribution in [3.63, 3.8) is 0 Å². The molecule has 0 spiro atoms. The second kappa shape index (κ2) is 6.87. The molecule has 0 heterocycles. The third-order valence-corrected chi connectivity index (χ3v) is 3.64. The van der Waals surface area contributed by atoms with Crippen molar-refractivity contribution < 1.29 is 23.4 Å². The second-order valence-corrected chi connectivity index (χ2v) is 5.15. The van der Waals surface area contributed by atoms with Crippen LogP contribution in [0.5, 0.6) is 11.5 Å². The van der Waals surface area contributed by atoms with E-state index in [1.165, 1.54) is 7.11 Å². The van der Waals surface area contributed by atoms with Gasteiger partial charge in [0.05, 0.1) is 13.7 Å². The minimum atomic E-state index is -0.849. The zero-order valence-corrected chi connectivity index (χ0v) is 12.8. The quantitative estimate of drug-likeness (QED) is 0.883. The first kappa shape index (κ1) is 15.7. The SMILES string of the molecule is COc1ccc(Br)c(COc2c(F)cc(CO)cc2F)c1. The molecule has 6 heteroatoms. The zero-order chi connectivity index (χ0) is 15.4. The molecule has 0 bridgehead atoms. The van der Waals surface area contributed by atoms with E-state index in [1.54, 1.807) is 18.2 Å². The van der Waals surface area contributed by atoms with Crippen molar-refractivity contribution in [2.75, 3.05) is 7.11 Å². The first-order chi connectivity index (χ1) is 10.0. The minimum Gasteiger partial charge on any atom is -0.497 e. The van der Waals surface area contributed by atoms with Crippen LogP contribution in [0.15, 0.2) is 34.8 Å². The molecule has 2 aromatic carbocycles. The standard InChI is InChI=1S/C15H13BrF2O3/c1-20-11-2-3-12(16)10(6-11)8-21-15-13(17)4-9(7-19)5-14(15)18/h2-6,19H,7-8H2,1H3. The zero-order valence-electron chi connectivity index (χ0n) is 11.2. The lowest BCUT2D eigenvalue weighted by molar-refractivity contribution is 0.265. The van der Waals surface area contributed by atoms with Crippen molar-refractivity contribution >= 4 is 15.9 Å². The van der Waals surface area contributed by atoms with E-state index in [-0.39, 0.29) is 12.2 Å². The van der Waals surface area contributed by atoms with Gasteiger partial charge in [-0.1, -0.05) is 15.9 Å². The number of hydrogen-bond acceptors (Lipinski definition) is 3. The van der Waals surface area contributed by atoms with E-state index in [4.69, 9.17) is 14.6 Å². The Morgan fingerprint density at radius 1 is 1.14 bits per heavy atom. The summed E-state index contributed by atoms with van der Waals surface area (Å²) < 4.78 is 38.5. The summed E-state index contributed by atoms with van der Waals surface area (Å²) in [6, 6.07) is 7.31. The van der Waals surface area contributed by atoms with Gasteiger partial charge in [-0.2, -0.15) is 0 Å². The number of methoxy groups -OCH3 is 1. The molecule has 0 aliphatic rings. The van der Waals surface area contributed by atoms with E-state index in [0.717, 1.165) is 16.6 Å². The maximum atomic E-state index is 13.7. The van der Waals surface area contributed by atoms with Gasteiger partial charge < -0.3 is 14.6 Å². The van der Waals surface area contributed by atoms with E-state index in [0.29, 0.717) is 11.3 Å². The topological polar surface area (TPSA) is 38.7 Å². The molecule has 1 N–H and O–H groups in total. The maximum absolute atomic E-state index is 13.7. The van der Waals surface area contributed by atoms with Crippen LogP contribution < -0.4 is 9.47 Å². The third kappa shape index (κ3) is 3.71. The summed E-state index contributed by atoms with van der Waals surface area (Å²) in [6.45, 7) is -0.459. The fourth-order valence-electron chi connectivity index (χ4n) is 1.78. The molecule has 0 saturated carbocycles. The highest BCUT2D eigenvalue weighted by Crippen LogP contribution is 2.27. The largest absolute Gasteiger partial charge is 0.497 e. The van der Waals surface area contributed by atoms with Gasteiger partial charge in [0.25, 0.3) is 0 Å². The average Bonchev–Trinajstić information content (AvgIpc) is 2.47. The van der Waals surface area contributed by atoms with Gasteiger partial charge in [0.2, 0.25) is 0 Å². The molecule has 0 aromatic heterocycles. The first-order valence-corrected chi connectivity index (χ1v) is 6.88. The molecule has 3 nitrogen and oxygen atoms in total. The lowest BCUT2D eigenvalue weighted by atomic mass is 10.2. The van der Waals surface area contributed by atoms with Gasteiger partial charge in [0.15, 0.2) is 17.4 Å². The van der Waals surface area contributed by atoms with E-state index in [2.05, 4.69) is 15.9 Å². The summed E-state index contributed by atoms with van der Waals surface area (Å²) in [6.07, 6.45) is 0. The number of ether oxygens (including phenoxy) is 2. The predicted octanol–water partition coefficient (Wildman–Crippen LogP) is 3.81. The molecule has 0 aliphatic carbocycles. The molecular weight excluding hydrogens is 346 g/mol. The van der Waals surface area contributed by atoms with E-state index in [1.807, 2.05) is 0 Å². The Hall–Kier alpha value is -1.66. The van der Waals surface area contributed by atoms with Gasteiger partial charge >= 0.3 is 0 Å². The van der Waals surface area contributed by atoms with Crippen molar-refractivity contribution in [3.8, 4) is 11.5 Å². The van der Waals surface area contributed by atoms with Crippen molar-refractivity contribution in [2.24, 2.45) is 0 Å². The second-order valence-electron chi connectivity index (χ2n) is 4.29. The molecule has 0 saturated heterocycles. The van der Waals surface area contributed by atoms with Crippen molar-refractivity contribution in [1.29, 1.82) is 0 Å². The van der Waals surface area contributed by atoms with Crippen LogP contribution in [-0.2, 0) is 13.2 Å². The molecule has 0 atom stereocenters. The summed E-state index contributed by atoms with van der Waals surface area (Å²) in [7, 11) is 1.53. The number of rotatable bonds is 5. The summed E-state index contributed by atoms with van der Waals surface area (Å²) in [5, 5.41) is 8.89. The fraction of sp³-hybridized carbons (Fsp3) is 0.200. The summed E-state index contributed by atoms with van der Waals surface area (Å²) in [4.78, 5) is 0. The molecule has 0 aliphatic heterocycles. The minimum absolute atomic E-state index is 0.0237. The highest BCUT2D eigenvalue weighted by Gasteiger charge is 2.13. The van der Waals surface area contributed by atoms with Gasteiger partial charge in [0.1, 0.15) is 12.4 Å². The molecule has 21 heavy (non-hydrogen) atoms. The Kier molecular flexibility index (Phi) is 5.14. The van der Waals surface area contributed by atoms with E-state index in [9.17, 15) is 8.78 Å². The van der Waals surface area contributed by atoms with Crippen LogP contribution >= 0.6 is 15.9 Å².